The summed E-state index contributed by atoms with van der Waals surface area (Å²) >= 11 is 0. The zero-order valence-electron chi connectivity index (χ0n) is 18.3. The molecule has 0 radical (unpaired) electrons. The highest BCUT2D eigenvalue weighted by atomic mass is 16.6. The predicted octanol–water partition coefficient (Wildman–Crippen LogP) is 5.25. The van der Waals surface area contributed by atoms with Gasteiger partial charge in [0.2, 0.25) is 5.90 Å². The molecular weight excluding hydrogens is 434 g/mol. The van der Waals surface area contributed by atoms with Crippen LogP contribution in [0.4, 0.5) is 11.4 Å². The van der Waals surface area contributed by atoms with E-state index < -0.39 is 10.8 Å². The minimum Gasteiger partial charge on any atom is -0.507 e. The van der Waals surface area contributed by atoms with E-state index >= 15 is 0 Å². The molecule has 0 unspecified atom stereocenters. The number of nitrogens with zero attached hydrogens (tertiary/aromatic N) is 3. The molecule has 1 heterocycles. The zero-order chi connectivity index (χ0) is 24.1. The first-order valence-corrected chi connectivity index (χ1v) is 10.5. The fraction of sp³-hybridized carbons (Fsp3) is 0.0769. The molecule has 4 rings (SSSR count). The van der Waals surface area contributed by atoms with Crippen molar-refractivity contribution in [1.29, 1.82) is 0 Å². The van der Waals surface area contributed by atoms with Crippen molar-refractivity contribution in [3.8, 4) is 5.75 Å². The quantitative estimate of drug-likeness (QED) is 0.236. The number of hydrogen-bond acceptors (Lipinski definition) is 6. The van der Waals surface area contributed by atoms with Gasteiger partial charge in [0, 0.05) is 17.7 Å². The number of carbonyl (C=O) groups is 1. The molecule has 0 aliphatic carbocycles. The predicted molar refractivity (Wildman–Crippen MR) is 131 cm³/mol. The average Bonchev–Trinajstić information content (AvgIpc) is 3.15. The van der Waals surface area contributed by atoms with Gasteiger partial charge in [0.1, 0.15) is 11.3 Å². The van der Waals surface area contributed by atoms with Crippen molar-refractivity contribution in [3.05, 3.63) is 105 Å². The maximum Gasteiger partial charge on any atom is 0.284 e. The van der Waals surface area contributed by atoms with E-state index in [1.165, 1.54) is 30.3 Å². The molecule has 0 fully saturated rings. The van der Waals surface area contributed by atoms with Crippen molar-refractivity contribution in [2.75, 3.05) is 11.6 Å². The maximum atomic E-state index is 13.2. The van der Waals surface area contributed by atoms with Gasteiger partial charge >= 0.3 is 0 Å². The van der Waals surface area contributed by atoms with Gasteiger partial charge in [-0.2, -0.15) is 5.01 Å². The number of hydrazone groups is 1. The standard InChI is InChI=1S/C26H21N3O5/c1-2-34-25-23(26(31)28(27-25)21-11-13-22(14-12-21)29(32)33)17-20-16-19(10-15-24(20)30)9-8-18-6-4-3-5-7-18/h3-17,30H,2H2,1H3/b9-8+,23-17+. The van der Waals surface area contributed by atoms with Crippen LogP contribution >= 0.6 is 0 Å². The van der Waals surface area contributed by atoms with E-state index in [-0.39, 0.29) is 29.5 Å². The summed E-state index contributed by atoms with van der Waals surface area (Å²) < 4.78 is 5.56. The lowest BCUT2D eigenvalue weighted by molar-refractivity contribution is -0.384. The van der Waals surface area contributed by atoms with E-state index in [9.17, 15) is 20.0 Å². The lowest BCUT2D eigenvalue weighted by Gasteiger charge is -2.10. The molecule has 3 aromatic carbocycles. The molecule has 1 aliphatic heterocycles. The monoisotopic (exact) mass is 455 g/mol. The van der Waals surface area contributed by atoms with Crippen molar-refractivity contribution >= 4 is 41.4 Å². The van der Waals surface area contributed by atoms with Crippen LogP contribution in [0.1, 0.15) is 23.6 Å². The molecule has 0 saturated heterocycles. The first-order chi connectivity index (χ1) is 16.5. The Morgan fingerprint density at radius 2 is 1.74 bits per heavy atom. The third kappa shape index (κ3) is 4.86. The number of rotatable bonds is 6. The van der Waals surface area contributed by atoms with Crippen LogP contribution in [0.2, 0.25) is 0 Å². The number of anilines is 1. The third-order valence-electron chi connectivity index (χ3n) is 5.05. The number of nitro groups is 1. The number of phenols is 1. The summed E-state index contributed by atoms with van der Waals surface area (Å²) in [6.07, 6.45) is 5.39. The molecule has 34 heavy (non-hydrogen) atoms. The zero-order valence-corrected chi connectivity index (χ0v) is 18.3. The van der Waals surface area contributed by atoms with Crippen molar-refractivity contribution in [2.24, 2.45) is 5.10 Å². The van der Waals surface area contributed by atoms with Gasteiger partial charge in [0.15, 0.2) is 0 Å². The Labute approximate surface area is 195 Å². The topological polar surface area (TPSA) is 105 Å². The number of non-ortho nitro benzene ring substituents is 1. The summed E-state index contributed by atoms with van der Waals surface area (Å²) in [4.78, 5) is 23.6. The Kier molecular flexibility index (Phi) is 6.49. The lowest BCUT2D eigenvalue weighted by atomic mass is 10.0. The number of benzene rings is 3. The molecule has 8 nitrogen and oxygen atoms in total. The van der Waals surface area contributed by atoms with E-state index in [1.807, 2.05) is 42.5 Å². The van der Waals surface area contributed by atoms with E-state index in [4.69, 9.17) is 4.74 Å². The molecule has 0 atom stereocenters. The second kappa shape index (κ2) is 9.83. The number of aromatic hydroxyl groups is 1. The molecule has 1 amide bonds. The van der Waals surface area contributed by atoms with Crippen LogP contribution in [0.15, 0.2) is 83.5 Å². The normalized spacial score (nSPS) is 14.6. The number of phenolic OH excluding ortho intramolecular Hbond substituents is 1. The first-order valence-electron chi connectivity index (χ1n) is 10.5. The van der Waals surface area contributed by atoms with Gasteiger partial charge in [-0.05, 0) is 48.4 Å². The highest BCUT2D eigenvalue weighted by molar-refractivity contribution is 6.30. The molecule has 170 valence electrons. The molecule has 3 aromatic rings. The van der Waals surface area contributed by atoms with Gasteiger partial charge in [-0.25, -0.2) is 0 Å². The smallest absolute Gasteiger partial charge is 0.284 e. The van der Waals surface area contributed by atoms with Gasteiger partial charge in [-0.15, -0.1) is 5.10 Å². The molecule has 0 saturated carbocycles. The van der Waals surface area contributed by atoms with Gasteiger partial charge in [-0.3, -0.25) is 14.9 Å². The Hall–Kier alpha value is -4.72. The van der Waals surface area contributed by atoms with Gasteiger partial charge in [0.05, 0.1) is 17.2 Å². The van der Waals surface area contributed by atoms with E-state index in [0.29, 0.717) is 11.3 Å². The van der Waals surface area contributed by atoms with Crippen molar-refractivity contribution in [1.82, 2.24) is 0 Å². The van der Waals surface area contributed by atoms with Crippen LogP contribution in [-0.2, 0) is 9.53 Å². The van der Waals surface area contributed by atoms with Crippen LogP contribution in [0.3, 0.4) is 0 Å². The Morgan fingerprint density at radius 3 is 2.41 bits per heavy atom. The summed E-state index contributed by atoms with van der Waals surface area (Å²) in [6.45, 7) is 2.05. The van der Waals surface area contributed by atoms with Crippen LogP contribution in [0.25, 0.3) is 18.2 Å². The van der Waals surface area contributed by atoms with Crippen LogP contribution in [-0.4, -0.2) is 28.4 Å². The minimum absolute atomic E-state index is 0.00166. The molecule has 8 heteroatoms. The van der Waals surface area contributed by atoms with Crippen LogP contribution in [0, 0.1) is 10.1 Å². The van der Waals surface area contributed by atoms with Crippen LogP contribution < -0.4 is 5.01 Å². The summed E-state index contributed by atoms with van der Waals surface area (Å²) in [6, 6.07) is 20.4. The fourth-order valence-corrected chi connectivity index (χ4v) is 3.36. The summed E-state index contributed by atoms with van der Waals surface area (Å²) in [7, 11) is 0. The van der Waals surface area contributed by atoms with E-state index in [2.05, 4.69) is 5.10 Å². The number of ether oxygens (including phenoxy) is 1. The molecule has 0 aromatic heterocycles. The minimum atomic E-state index is -0.516. The maximum absolute atomic E-state index is 13.2. The molecular formula is C26H21N3O5. The molecule has 0 spiro atoms. The highest BCUT2D eigenvalue weighted by Gasteiger charge is 2.33. The SMILES string of the molecule is CCOC1=NN(c2ccc([N+](=O)[O-])cc2)C(=O)/C1=C/c1cc(/C=C/c2ccccc2)ccc1O. The summed E-state index contributed by atoms with van der Waals surface area (Å²) in [5.74, 6) is -0.362. The van der Waals surface area contributed by atoms with Crippen LogP contribution in [0.5, 0.6) is 5.75 Å². The van der Waals surface area contributed by atoms with Gasteiger partial charge in [-0.1, -0.05) is 48.6 Å². The van der Waals surface area contributed by atoms with Gasteiger partial charge in [0.25, 0.3) is 11.6 Å². The number of carbonyl (C=O) groups excluding carboxylic acids is 1. The number of nitro benzene ring substituents is 1. The molecule has 1 aliphatic rings. The second-order valence-corrected chi connectivity index (χ2v) is 7.35. The fourth-order valence-electron chi connectivity index (χ4n) is 3.36. The third-order valence-corrected chi connectivity index (χ3v) is 5.05. The van der Waals surface area contributed by atoms with Gasteiger partial charge < -0.3 is 9.84 Å². The Morgan fingerprint density at radius 1 is 1.03 bits per heavy atom. The average molecular weight is 455 g/mol. The number of hydrogen-bond donors (Lipinski definition) is 1. The van der Waals surface area contributed by atoms with Crippen molar-refractivity contribution in [3.63, 3.8) is 0 Å². The largest absolute Gasteiger partial charge is 0.507 e. The highest BCUT2D eigenvalue weighted by Crippen LogP contribution is 2.29. The Balaban J connectivity index is 1.66. The molecule has 0 bridgehead atoms. The van der Waals surface area contributed by atoms with Crippen molar-refractivity contribution in [2.45, 2.75) is 6.92 Å². The van der Waals surface area contributed by atoms with Crippen molar-refractivity contribution < 1.29 is 19.6 Å². The lowest BCUT2D eigenvalue weighted by Crippen LogP contribution is -2.21. The summed E-state index contributed by atoms with van der Waals surface area (Å²) in [5.41, 5.74) is 2.73. The molecule has 1 N–H and O–H groups in total. The summed E-state index contributed by atoms with van der Waals surface area (Å²) in [5, 5.41) is 26.7. The second-order valence-electron chi connectivity index (χ2n) is 7.35. The first kappa shape index (κ1) is 22.5. The Bertz CT molecular complexity index is 1310. The van der Waals surface area contributed by atoms with E-state index in [0.717, 1.165) is 16.1 Å². The van der Waals surface area contributed by atoms with E-state index in [1.54, 1.807) is 25.1 Å². The number of amides is 1.